The van der Waals surface area contributed by atoms with Crippen molar-refractivity contribution < 1.29 is 4.74 Å². The van der Waals surface area contributed by atoms with Crippen LogP contribution < -0.4 is 5.32 Å². The second-order valence-electron chi connectivity index (χ2n) is 5.75. The summed E-state index contributed by atoms with van der Waals surface area (Å²) in [6, 6.07) is 1.48. The largest absolute Gasteiger partial charge is 0.383 e. The lowest BCUT2D eigenvalue weighted by atomic mass is 10.1. The first-order chi connectivity index (χ1) is 8.13. The van der Waals surface area contributed by atoms with Crippen LogP contribution in [0, 0.1) is 5.92 Å². The predicted octanol–water partition coefficient (Wildman–Crippen LogP) is 2.12. The first-order valence-corrected chi connectivity index (χ1v) is 7.09. The molecule has 0 radical (unpaired) electrons. The van der Waals surface area contributed by atoms with Crippen LogP contribution in [0.3, 0.4) is 0 Å². The fraction of sp³-hybridized carbons (Fsp3) is 1.00. The average molecular weight is 242 g/mol. The van der Waals surface area contributed by atoms with Crippen molar-refractivity contribution in [2.75, 3.05) is 33.4 Å². The maximum atomic E-state index is 5.20. The van der Waals surface area contributed by atoms with Crippen LogP contribution in [0.15, 0.2) is 0 Å². The van der Waals surface area contributed by atoms with Gasteiger partial charge in [-0.1, -0.05) is 13.8 Å². The van der Waals surface area contributed by atoms with Gasteiger partial charge in [0.1, 0.15) is 0 Å². The van der Waals surface area contributed by atoms with Crippen LogP contribution in [0.2, 0.25) is 0 Å². The molecule has 1 aliphatic rings. The zero-order valence-electron chi connectivity index (χ0n) is 12.0. The molecule has 0 bridgehead atoms. The van der Waals surface area contributed by atoms with Gasteiger partial charge in [0.2, 0.25) is 0 Å². The van der Waals surface area contributed by atoms with E-state index in [0.29, 0.717) is 6.04 Å². The first-order valence-electron chi connectivity index (χ1n) is 7.09. The van der Waals surface area contributed by atoms with Crippen molar-refractivity contribution in [3.63, 3.8) is 0 Å². The summed E-state index contributed by atoms with van der Waals surface area (Å²) in [6.07, 6.45) is 4.01. The molecule has 0 aromatic rings. The minimum Gasteiger partial charge on any atom is -0.383 e. The standard InChI is InChI=1S/C14H30N2O/c1-12(2)11-16(9-10-17-4)13(3)7-8-15-14-5-6-14/h12-15H,5-11H2,1-4H3. The van der Waals surface area contributed by atoms with Gasteiger partial charge in [-0.2, -0.15) is 0 Å². The number of hydrogen-bond donors (Lipinski definition) is 1. The van der Waals surface area contributed by atoms with E-state index in [0.717, 1.165) is 31.7 Å². The van der Waals surface area contributed by atoms with Gasteiger partial charge in [0.05, 0.1) is 6.61 Å². The average Bonchev–Trinajstić information content (AvgIpc) is 3.07. The molecule has 3 nitrogen and oxygen atoms in total. The Balaban J connectivity index is 2.20. The van der Waals surface area contributed by atoms with Crippen LogP contribution in [0.5, 0.6) is 0 Å². The molecule has 0 aromatic heterocycles. The van der Waals surface area contributed by atoms with Crippen molar-refractivity contribution in [3.05, 3.63) is 0 Å². The number of nitrogens with zero attached hydrogens (tertiary/aromatic N) is 1. The van der Waals surface area contributed by atoms with E-state index in [9.17, 15) is 0 Å². The van der Waals surface area contributed by atoms with Gasteiger partial charge in [-0.25, -0.2) is 0 Å². The highest BCUT2D eigenvalue weighted by molar-refractivity contribution is 4.81. The van der Waals surface area contributed by atoms with Crippen LogP contribution in [0.25, 0.3) is 0 Å². The molecule has 0 aliphatic heterocycles. The molecule has 102 valence electrons. The van der Waals surface area contributed by atoms with Crippen molar-refractivity contribution in [1.29, 1.82) is 0 Å². The van der Waals surface area contributed by atoms with Crippen molar-refractivity contribution in [2.24, 2.45) is 5.92 Å². The van der Waals surface area contributed by atoms with Gasteiger partial charge in [-0.3, -0.25) is 4.90 Å². The fourth-order valence-corrected chi connectivity index (χ4v) is 2.14. The van der Waals surface area contributed by atoms with Crippen molar-refractivity contribution in [1.82, 2.24) is 10.2 Å². The van der Waals surface area contributed by atoms with Gasteiger partial charge >= 0.3 is 0 Å². The Morgan fingerprint density at radius 3 is 2.53 bits per heavy atom. The molecule has 1 unspecified atom stereocenters. The first kappa shape index (κ1) is 14.9. The normalized spacial score (nSPS) is 18.0. The Kier molecular flexibility index (Phi) is 7.09. The van der Waals surface area contributed by atoms with Crippen molar-refractivity contribution in [3.8, 4) is 0 Å². The predicted molar refractivity (Wildman–Crippen MR) is 73.4 cm³/mol. The van der Waals surface area contributed by atoms with Gasteiger partial charge in [-0.05, 0) is 38.6 Å². The van der Waals surface area contributed by atoms with Crippen LogP contribution in [0.4, 0.5) is 0 Å². The number of nitrogens with one attached hydrogen (secondary N) is 1. The van der Waals surface area contributed by atoms with Crippen LogP contribution in [-0.4, -0.2) is 50.3 Å². The Morgan fingerprint density at radius 1 is 1.29 bits per heavy atom. The molecule has 1 fully saturated rings. The molecule has 1 aliphatic carbocycles. The molecule has 3 heteroatoms. The molecule has 1 atom stereocenters. The minimum atomic E-state index is 0.652. The van der Waals surface area contributed by atoms with Gasteiger partial charge in [0.25, 0.3) is 0 Å². The molecular weight excluding hydrogens is 212 g/mol. The summed E-state index contributed by atoms with van der Waals surface area (Å²) >= 11 is 0. The second kappa shape index (κ2) is 8.06. The van der Waals surface area contributed by atoms with Crippen LogP contribution >= 0.6 is 0 Å². The van der Waals surface area contributed by atoms with Gasteiger partial charge in [0.15, 0.2) is 0 Å². The topological polar surface area (TPSA) is 24.5 Å². The molecular formula is C14H30N2O. The third kappa shape index (κ3) is 7.02. The Morgan fingerprint density at radius 2 is 2.00 bits per heavy atom. The maximum absolute atomic E-state index is 5.20. The summed E-state index contributed by atoms with van der Waals surface area (Å²) in [5.74, 6) is 0.727. The molecule has 0 heterocycles. The van der Waals surface area contributed by atoms with Crippen molar-refractivity contribution >= 4 is 0 Å². The number of hydrogen-bond acceptors (Lipinski definition) is 3. The Labute approximate surface area is 107 Å². The van der Waals surface area contributed by atoms with Gasteiger partial charge < -0.3 is 10.1 Å². The molecule has 0 saturated heterocycles. The lowest BCUT2D eigenvalue weighted by molar-refractivity contribution is 0.112. The van der Waals surface area contributed by atoms with E-state index in [2.05, 4.69) is 31.0 Å². The van der Waals surface area contributed by atoms with E-state index < -0.39 is 0 Å². The highest BCUT2D eigenvalue weighted by atomic mass is 16.5. The quantitative estimate of drug-likeness (QED) is 0.635. The van der Waals surface area contributed by atoms with E-state index in [1.807, 2.05) is 0 Å². The van der Waals surface area contributed by atoms with E-state index >= 15 is 0 Å². The van der Waals surface area contributed by atoms with Crippen molar-refractivity contribution in [2.45, 2.75) is 52.1 Å². The summed E-state index contributed by atoms with van der Waals surface area (Å²) in [6.45, 7) is 11.1. The molecule has 17 heavy (non-hydrogen) atoms. The zero-order chi connectivity index (χ0) is 12.7. The molecule has 1 rings (SSSR count). The van der Waals surface area contributed by atoms with Gasteiger partial charge in [0, 0.05) is 32.3 Å². The van der Waals surface area contributed by atoms with Crippen LogP contribution in [0.1, 0.15) is 40.0 Å². The molecule has 0 amide bonds. The number of rotatable bonds is 10. The monoisotopic (exact) mass is 242 g/mol. The summed E-state index contributed by atoms with van der Waals surface area (Å²) in [5, 5.41) is 3.59. The minimum absolute atomic E-state index is 0.652. The smallest absolute Gasteiger partial charge is 0.0589 e. The number of methoxy groups -OCH3 is 1. The van der Waals surface area contributed by atoms with E-state index in [-0.39, 0.29) is 0 Å². The van der Waals surface area contributed by atoms with Crippen LogP contribution in [-0.2, 0) is 4.74 Å². The lowest BCUT2D eigenvalue weighted by Crippen LogP contribution is -2.40. The number of ether oxygens (including phenoxy) is 1. The molecule has 0 spiro atoms. The summed E-state index contributed by atoms with van der Waals surface area (Å²) in [5.41, 5.74) is 0. The fourth-order valence-electron chi connectivity index (χ4n) is 2.14. The van der Waals surface area contributed by atoms with E-state index in [1.165, 1.54) is 25.8 Å². The molecule has 1 N–H and O–H groups in total. The Bertz CT molecular complexity index is 193. The summed E-state index contributed by atoms with van der Waals surface area (Å²) in [7, 11) is 1.78. The van der Waals surface area contributed by atoms with E-state index in [4.69, 9.17) is 4.74 Å². The van der Waals surface area contributed by atoms with E-state index in [1.54, 1.807) is 7.11 Å². The third-order valence-corrected chi connectivity index (χ3v) is 3.38. The summed E-state index contributed by atoms with van der Waals surface area (Å²) in [4.78, 5) is 2.56. The third-order valence-electron chi connectivity index (χ3n) is 3.38. The molecule has 1 saturated carbocycles. The second-order valence-corrected chi connectivity index (χ2v) is 5.75. The highest BCUT2D eigenvalue weighted by Gasteiger charge is 2.21. The lowest BCUT2D eigenvalue weighted by Gasteiger charge is -2.30. The Hall–Kier alpha value is -0.120. The van der Waals surface area contributed by atoms with Gasteiger partial charge in [-0.15, -0.1) is 0 Å². The highest BCUT2D eigenvalue weighted by Crippen LogP contribution is 2.18. The molecule has 0 aromatic carbocycles. The summed E-state index contributed by atoms with van der Waals surface area (Å²) < 4.78 is 5.20. The zero-order valence-corrected chi connectivity index (χ0v) is 12.0. The maximum Gasteiger partial charge on any atom is 0.0589 e. The SMILES string of the molecule is COCCN(CC(C)C)C(C)CCNC1CC1.